The number of rotatable bonds is 0. The Balaban J connectivity index is 2.44. The fourth-order valence-corrected chi connectivity index (χ4v) is 2.42. The quantitative estimate of drug-likeness (QED) is 0.598. The van der Waals surface area contributed by atoms with E-state index in [1.54, 1.807) is 16.5 Å². The van der Waals surface area contributed by atoms with E-state index in [1.165, 1.54) is 0 Å². The molecule has 1 aliphatic heterocycles. The van der Waals surface area contributed by atoms with Crippen LogP contribution in [0.1, 0.15) is 5.56 Å². The maximum absolute atomic E-state index is 11.7. The minimum Gasteiger partial charge on any atom is -0.320 e. The van der Waals surface area contributed by atoms with Gasteiger partial charge in [0, 0.05) is 17.1 Å². The molecule has 0 unspecified atom stereocenters. The van der Waals surface area contributed by atoms with E-state index in [-0.39, 0.29) is 5.91 Å². The first kappa shape index (κ1) is 9.71. The van der Waals surface area contributed by atoms with Crippen molar-refractivity contribution in [2.45, 2.75) is 0 Å². The summed E-state index contributed by atoms with van der Waals surface area (Å²) in [7, 11) is 0. The number of pyridine rings is 2. The van der Waals surface area contributed by atoms with Crippen LogP contribution in [0.4, 0.5) is 5.69 Å². The van der Waals surface area contributed by atoms with Gasteiger partial charge in [0.05, 0.1) is 17.5 Å². The normalized spacial score (nSPS) is 16.6. The summed E-state index contributed by atoms with van der Waals surface area (Å²) in [6.07, 6.45) is 3.34. The number of nitrogens with one attached hydrogen (secondary N) is 1. The van der Waals surface area contributed by atoms with Crippen LogP contribution in [0.15, 0.2) is 28.6 Å². The number of fused-ring (bicyclic) bond motifs is 3. The van der Waals surface area contributed by atoms with Crippen molar-refractivity contribution in [3.05, 3.63) is 34.2 Å². The Hall–Kier alpha value is -1.50. The van der Waals surface area contributed by atoms with Crippen LogP contribution in [0, 0.1) is 0 Å². The Morgan fingerprint density at radius 3 is 3.06 bits per heavy atom. The molecule has 2 aromatic heterocycles. The molecule has 78 valence electrons. The van der Waals surface area contributed by atoms with E-state index in [0.29, 0.717) is 11.2 Å². The minimum atomic E-state index is -0.0810. The van der Waals surface area contributed by atoms with Crippen molar-refractivity contribution in [1.82, 2.24) is 9.97 Å². The molecular weight excluding hydrogens is 317 g/mol. The van der Waals surface area contributed by atoms with Crippen LogP contribution >= 0.6 is 22.6 Å². The first-order valence-electron chi connectivity index (χ1n) is 4.67. The van der Waals surface area contributed by atoms with Gasteiger partial charge in [-0.05, 0) is 16.2 Å². The second-order valence-corrected chi connectivity index (χ2v) is 4.02. The van der Waals surface area contributed by atoms with E-state index in [4.69, 9.17) is 0 Å². The molecule has 16 heavy (non-hydrogen) atoms. The summed E-state index contributed by atoms with van der Waals surface area (Å²) >= 11 is 2.07. The van der Waals surface area contributed by atoms with Crippen molar-refractivity contribution >= 4 is 50.8 Å². The van der Waals surface area contributed by atoms with Gasteiger partial charge in [-0.1, -0.05) is 22.6 Å². The fraction of sp³-hybridized carbons (Fsp3) is 0. The highest BCUT2D eigenvalue weighted by molar-refractivity contribution is 14.1. The number of hydrogen-bond acceptors (Lipinski definition) is 3. The lowest BCUT2D eigenvalue weighted by Gasteiger charge is -2.02. The van der Waals surface area contributed by atoms with Crippen molar-refractivity contribution in [2.24, 2.45) is 0 Å². The number of hydrogen-bond donors (Lipinski definition) is 1. The summed E-state index contributed by atoms with van der Waals surface area (Å²) in [5, 5.41) is 3.69. The van der Waals surface area contributed by atoms with E-state index in [9.17, 15) is 4.79 Å². The van der Waals surface area contributed by atoms with Gasteiger partial charge in [-0.15, -0.1) is 0 Å². The molecule has 0 saturated heterocycles. The Morgan fingerprint density at radius 1 is 1.38 bits per heavy atom. The van der Waals surface area contributed by atoms with Gasteiger partial charge < -0.3 is 5.32 Å². The van der Waals surface area contributed by atoms with Crippen molar-refractivity contribution in [3.63, 3.8) is 0 Å². The summed E-state index contributed by atoms with van der Waals surface area (Å²) in [4.78, 5) is 20.0. The molecule has 0 aliphatic carbocycles. The summed E-state index contributed by atoms with van der Waals surface area (Å²) in [5.41, 5.74) is 3.00. The topological polar surface area (TPSA) is 54.9 Å². The van der Waals surface area contributed by atoms with E-state index in [0.717, 1.165) is 16.6 Å². The predicted octanol–water partition coefficient (Wildman–Crippen LogP) is 2.36. The molecule has 3 heterocycles. The van der Waals surface area contributed by atoms with Crippen molar-refractivity contribution < 1.29 is 4.79 Å². The smallest absolute Gasteiger partial charge is 0.256 e. The summed E-state index contributed by atoms with van der Waals surface area (Å²) in [6, 6.07) is 3.77. The highest BCUT2D eigenvalue weighted by Gasteiger charge is 2.26. The average Bonchev–Trinajstić information content (AvgIpc) is 2.65. The van der Waals surface area contributed by atoms with Crippen molar-refractivity contribution in [2.75, 3.05) is 5.32 Å². The molecule has 2 aromatic rings. The van der Waals surface area contributed by atoms with E-state index < -0.39 is 0 Å². The van der Waals surface area contributed by atoms with Gasteiger partial charge in [0.2, 0.25) is 0 Å². The average molecular weight is 323 g/mol. The van der Waals surface area contributed by atoms with Crippen LogP contribution in [0.25, 0.3) is 16.6 Å². The molecule has 3 rings (SSSR count). The molecular formula is C11H6IN3O. The monoisotopic (exact) mass is 323 g/mol. The van der Waals surface area contributed by atoms with Gasteiger partial charge in [0.25, 0.3) is 5.91 Å². The van der Waals surface area contributed by atoms with Gasteiger partial charge >= 0.3 is 0 Å². The highest BCUT2D eigenvalue weighted by Crippen LogP contribution is 2.36. The van der Waals surface area contributed by atoms with Crippen LogP contribution in [-0.4, -0.2) is 15.9 Å². The minimum absolute atomic E-state index is 0.0810. The lowest BCUT2D eigenvalue weighted by atomic mass is 10.1. The number of carbonyl (C=O) groups excluding carboxylic acids is 1. The van der Waals surface area contributed by atoms with Gasteiger partial charge in [0.15, 0.2) is 5.65 Å². The van der Waals surface area contributed by atoms with Gasteiger partial charge in [-0.25, -0.2) is 9.97 Å². The van der Waals surface area contributed by atoms with Crippen LogP contribution in [0.3, 0.4) is 0 Å². The third-order valence-electron chi connectivity index (χ3n) is 2.51. The maximum Gasteiger partial charge on any atom is 0.256 e. The Morgan fingerprint density at radius 2 is 2.25 bits per heavy atom. The van der Waals surface area contributed by atoms with E-state index in [1.807, 2.05) is 12.1 Å². The number of nitrogens with zero attached hydrogens (tertiary/aromatic N) is 2. The zero-order valence-corrected chi connectivity index (χ0v) is 10.2. The van der Waals surface area contributed by atoms with Gasteiger partial charge in [-0.2, -0.15) is 0 Å². The molecule has 0 atom stereocenters. The number of carbonyl (C=O) groups is 1. The first-order chi connectivity index (χ1) is 7.81. The molecule has 4 nitrogen and oxygen atoms in total. The van der Waals surface area contributed by atoms with Crippen LogP contribution < -0.4 is 5.32 Å². The molecule has 0 radical (unpaired) electrons. The molecule has 1 N–H and O–H groups in total. The highest BCUT2D eigenvalue weighted by atomic mass is 127. The van der Waals surface area contributed by atoms with Crippen LogP contribution in [0.2, 0.25) is 0 Å². The molecule has 0 bridgehead atoms. The lowest BCUT2D eigenvalue weighted by molar-refractivity contribution is -0.110. The number of anilines is 1. The Kier molecular flexibility index (Phi) is 2.13. The lowest BCUT2D eigenvalue weighted by Crippen LogP contribution is -2.02. The van der Waals surface area contributed by atoms with E-state index >= 15 is 0 Å². The maximum atomic E-state index is 11.7. The number of halogens is 1. The summed E-state index contributed by atoms with van der Waals surface area (Å²) in [6.45, 7) is 0. The first-order valence-corrected chi connectivity index (χ1v) is 5.91. The van der Waals surface area contributed by atoms with Gasteiger partial charge in [-0.3, -0.25) is 4.79 Å². The van der Waals surface area contributed by atoms with Gasteiger partial charge in [0.1, 0.15) is 0 Å². The second-order valence-electron chi connectivity index (χ2n) is 3.40. The second kappa shape index (κ2) is 3.51. The molecule has 0 spiro atoms. The largest absolute Gasteiger partial charge is 0.320 e. The van der Waals surface area contributed by atoms with Crippen LogP contribution in [0.5, 0.6) is 0 Å². The summed E-state index contributed by atoms with van der Waals surface area (Å²) in [5.74, 6) is -0.0810. The molecule has 5 heteroatoms. The molecule has 0 saturated carbocycles. The molecule has 0 aromatic carbocycles. The van der Waals surface area contributed by atoms with Crippen molar-refractivity contribution in [3.8, 4) is 0 Å². The predicted molar refractivity (Wildman–Crippen MR) is 70.2 cm³/mol. The zero-order valence-electron chi connectivity index (χ0n) is 8.07. The van der Waals surface area contributed by atoms with E-state index in [2.05, 4.69) is 37.9 Å². The standard InChI is InChI=1S/C11H6IN3O/c12-4-7-9-6-2-1-3-13-10(6)14-5-8(9)15-11(7)16/h1-5H,(H,15,16)/b7-4-. The molecule has 1 aliphatic rings. The third kappa shape index (κ3) is 1.24. The van der Waals surface area contributed by atoms with Crippen LogP contribution in [-0.2, 0) is 4.79 Å². The number of amides is 1. The third-order valence-corrected chi connectivity index (χ3v) is 3.14. The SMILES string of the molecule is O=C1Nc2cnc3ncccc3c2/C1=C/I. The Bertz CT molecular complexity index is 636. The molecule has 0 fully saturated rings. The zero-order chi connectivity index (χ0) is 11.1. The fourth-order valence-electron chi connectivity index (χ4n) is 1.82. The number of aromatic nitrogens is 2. The summed E-state index contributed by atoms with van der Waals surface area (Å²) < 4.78 is 1.78. The molecule has 1 amide bonds. The van der Waals surface area contributed by atoms with Crippen molar-refractivity contribution in [1.29, 1.82) is 0 Å². The Labute approximate surface area is 105 Å².